The highest BCUT2D eigenvalue weighted by molar-refractivity contribution is 5.33. The van der Waals surface area contributed by atoms with Crippen LogP contribution in [0.3, 0.4) is 0 Å². The van der Waals surface area contributed by atoms with Crippen molar-refractivity contribution in [2.45, 2.75) is 52.3 Å². The highest BCUT2D eigenvalue weighted by atomic mass is 16.5. The minimum Gasteiger partial charge on any atom is -0.378 e. The summed E-state index contributed by atoms with van der Waals surface area (Å²) in [4.78, 5) is 0. The van der Waals surface area contributed by atoms with Gasteiger partial charge in [0.1, 0.15) is 0 Å². The molecule has 0 aliphatic heterocycles. The lowest BCUT2D eigenvalue weighted by Gasteiger charge is -2.35. The van der Waals surface area contributed by atoms with Gasteiger partial charge in [-0.05, 0) is 50.3 Å². The Hall–Kier alpha value is -0.860. The largest absolute Gasteiger partial charge is 0.378 e. The van der Waals surface area contributed by atoms with Crippen LogP contribution in [0, 0.1) is 13.8 Å². The van der Waals surface area contributed by atoms with Gasteiger partial charge in [-0.3, -0.25) is 0 Å². The Morgan fingerprint density at radius 2 is 2.06 bits per heavy atom. The van der Waals surface area contributed by atoms with E-state index >= 15 is 0 Å². The number of nitrogens with one attached hydrogen (secondary N) is 1. The van der Waals surface area contributed by atoms with Gasteiger partial charge in [-0.15, -0.1) is 0 Å². The van der Waals surface area contributed by atoms with Gasteiger partial charge >= 0.3 is 0 Å². The predicted molar refractivity (Wildman–Crippen MR) is 71.2 cm³/mol. The molecule has 1 saturated carbocycles. The third-order valence-electron chi connectivity index (χ3n) is 3.80. The molecule has 2 rings (SSSR count). The first-order valence-electron chi connectivity index (χ1n) is 6.60. The molecule has 2 nitrogen and oxygen atoms in total. The molecule has 0 spiro atoms. The van der Waals surface area contributed by atoms with Gasteiger partial charge in [0, 0.05) is 19.2 Å². The maximum Gasteiger partial charge on any atom is 0.0604 e. The highest BCUT2D eigenvalue weighted by Gasteiger charge is 2.28. The number of hydrogen-bond acceptors (Lipinski definition) is 2. The minimum absolute atomic E-state index is 0.496. The maximum absolute atomic E-state index is 5.56. The van der Waals surface area contributed by atoms with E-state index in [4.69, 9.17) is 4.74 Å². The number of aryl methyl sites for hydroxylation is 1. The van der Waals surface area contributed by atoms with E-state index in [0.717, 1.165) is 13.2 Å². The summed E-state index contributed by atoms with van der Waals surface area (Å²) >= 11 is 0. The second kappa shape index (κ2) is 5.65. The first-order chi connectivity index (χ1) is 8.20. The third kappa shape index (κ3) is 3.08. The van der Waals surface area contributed by atoms with Gasteiger partial charge in [0.15, 0.2) is 0 Å². The van der Waals surface area contributed by atoms with Crippen molar-refractivity contribution in [3.05, 3.63) is 34.9 Å². The molecule has 0 unspecified atom stereocenters. The second-order valence-corrected chi connectivity index (χ2v) is 4.99. The third-order valence-corrected chi connectivity index (χ3v) is 3.80. The van der Waals surface area contributed by atoms with Gasteiger partial charge < -0.3 is 10.1 Å². The van der Waals surface area contributed by atoms with Gasteiger partial charge in [0.2, 0.25) is 0 Å². The molecule has 0 heterocycles. The number of ether oxygens (including phenoxy) is 1. The Morgan fingerprint density at radius 1 is 1.29 bits per heavy atom. The fourth-order valence-corrected chi connectivity index (χ4v) is 2.36. The van der Waals surface area contributed by atoms with Crippen molar-refractivity contribution in [3.63, 3.8) is 0 Å². The summed E-state index contributed by atoms with van der Waals surface area (Å²) in [7, 11) is 0. The summed E-state index contributed by atoms with van der Waals surface area (Å²) in [5.41, 5.74) is 4.22. The Morgan fingerprint density at radius 3 is 2.76 bits per heavy atom. The average Bonchev–Trinajstić information content (AvgIpc) is 2.26. The Balaban J connectivity index is 1.78. The van der Waals surface area contributed by atoms with E-state index in [1.54, 1.807) is 0 Å². The number of rotatable bonds is 5. The second-order valence-electron chi connectivity index (χ2n) is 4.99. The average molecular weight is 233 g/mol. The van der Waals surface area contributed by atoms with Crippen LogP contribution >= 0.6 is 0 Å². The Bertz CT molecular complexity index is 369. The summed E-state index contributed by atoms with van der Waals surface area (Å²) in [6, 6.07) is 7.18. The molecular weight excluding hydrogens is 210 g/mol. The van der Waals surface area contributed by atoms with Crippen LogP contribution in [0.25, 0.3) is 0 Å². The molecule has 1 fully saturated rings. The first kappa shape index (κ1) is 12.6. The standard InChI is InChI=1S/C15H23NO/c1-4-17-15-8-14(9-15)16-10-13-7-5-6-11(2)12(13)3/h5-7,14-16H,4,8-10H2,1-3H3. The zero-order valence-corrected chi connectivity index (χ0v) is 11.1. The van der Waals surface area contributed by atoms with Crippen molar-refractivity contribution in [2.24, 2.45) is 0 Å². The van der Waals surface area contributed by atoms with Gasteiger partial charge in [0.05, 0.1) is 6.10 Å². The molecule has 1 aliphatic rings. The Labute approximate surface area is 104 Å². The summed E-state index contributed by atoms with van der Waals surface area (Å²) in [6.45, 7) is 8.27. The van der Waals surface area contributed by atoms with Crippen molar-refractivity contribution in [1.82, 2.24) is 5.32 Å². The van der Waals surface area contributed by atoms with Crippen LogP contribution in [0.1, 0.15) is 36.5 Å². The van der Waals surface area contributed by atoms with Crippen molar-refractivity contribution in [1.29, 1.82) is 0 Å². The van der Waals surface area contributed by atoms with E-state index in [1.807, 2.05) is 0 Å². The van der Waals surface area contributed by atoms with Crippen LogP contribution in [0.15, 0.2) is 18.2 Å². The van der Waals surface area contributed by atoms with E-state index in [0.29, 0.717) is 12.1 Å². The first-order valence-corrected chi connectivity index (χ1v) is 6.60. The zero-order valence-electron chi connectivity index (χ0n) is 11.1. The van der Waals surface area contributed by atoms with Crippen molar-refractivity contribution >= 4 is 0 Å². The molecule has 0 radical (unpaired) electrons. The van der Waals surface area contributed by atoms with Crippen molar-refractivity contribution < 1.29 is 4.74 Å². The predicted octanol–water partition coefficient (Wildman–Crippen LogP) is 2.96. The van der Waals surface area contributed by atoms with Crippen LogP contribution < -0.4 is 5.32 Å². The lowest BCUT2D eigenvalue weighted by Crippen LogP contribution is -2.45. The Kier molecular flexibility index (Phi) is 4.19. The van der Waals surface area contributed by atoms with Gasteiger partial charge in [-0.2, -0.15) is 0 Å². The molecule has 17 heavy (non-hydrogen) atoms. The maximum atomic E-state index is 5.56. The van der Waals surface area contributed by atoms with Gasteiger partial charge in [-0.25, -0.2) is 0 Å². The van der Waals surface area contributed by atoms with E-state index in [-0.39, 0.29) is 0 Å². The van der Waals surface area contributed by atoms with E-state index in [1.165, 1.54) is 29.5 Å². The molecule has 1 aromatic carbocycles. The van der Waals surface area contributed by atoms with Gasteiger partial charge in [-0.1, -0.05) is 18.2 Å². The molecule has 0 aromatic heterocycles. The van der Waals surface area contributed by atoms with E-state index in [9.17, 15) is 0 Å². The van der Waals surface area contributed by atoms with Crippen LogP contribution in [0.4, 0.5) is 0 Å². The fraction of sp³-hybridized carbons (Fsp3) is 0.600. The molecule has 1 aliphatic carbocycles. The monoisotopic (exact) mass is 233 g/mol. The smallest absolute Gasteiger partial charge is 0.0604 e. The molecule has 0 saturated heterocycles. The highest BCUT2D eigenvalue weighted by Crippen LogP contribution is 2.24. The molecular formula is C15H23NO. The molecule has 0 atom stereocenters. The van der Waals surface area contributed by atoms with Crippen molar-refractivity contribution in [2.75, 3.05) is 6.61 Å². The summed E-state index contributed by atoms with van der Waals surface area (Å²) in [6.07, 6.45) is 2.83. The fourth-order valence-electron chi connectivity index (χ4n) is 2.36. The van der Waals surface area contributed by atoms with E-state index in [2.05, 4.69) is 44.3 Å². The summed E-state index contributed by atoms with van der Waals surface area (Å²) < 4.78 is 5.56. The number of benzene rings is 1. The molecule has 2 heteroatoms. The van der Waals surface area contributed by atoms with Crippen LogP contribution in [0.5, 0.6) is 0 Å². The van der Waals surface area contributed by atoms with E-state index < -0.39 is 0 Å². The lowest BCUT2D eigenvalue weighted by molar-refractivity contribution is -0.0102. The van der Waals surface area contributed by atoms with Crippen LogP contribution in [-0.2, 0) is 11.3 Å². The molecule has 1 N–H and O–H groups in total. The van der Waals surface area contributed by atoms with Gasteiger partial charge in [0.25, 0.3) is 0 Å². The molecule has 0 amide bonds. The number of hydrogen-bond donors (Lipinski definition) is 1. The van der Waals surface area contributed by atoms with Crippen molar-refractivity contribution in [3.8, 4) is 0 Å². The molecule has 0 bridgehead atoms. The molecule has 1 aromatic rings. The lowest BCUT2D eigenvalue weighted by atomic mass is 9.89. The minimum atomic E-state index is 0.496. The zero-order chi connectivity index (χ0) is 12.3. The normalized spacial score (nSPS) is 23.5. The summed E-state index contributed by atoms with van der Waals surface area (Å²) in [5, 5.41) is 3.61. The van der Waals surface area contributed by atoms with Crippen LogP contribution in [0.2, 0.25) is 0 Å². The molecule has 94 valence electrons. The topological polar surface area (TPSA) is 21.3 Å². The SMILES string of the molecule is CCOC1CC(NCc2cccc(C)c2C)C1. The summed E-state index contributed by atoms with van der Waals surface area (Å²) in [5.74, 6) is 0. The quantitative estimate of drug-likeness (QED) is 0.844. The van der Waals surface area contributed by atoms with Crippen LogP contribution in [-0.4, -0.2) is 18.8 Å².